The summed E-state index contributed by atoms with van der Waals surface area (Å²) in [6.07, 6.45) is 1.56. The molecule has 1 N–H and O–H groups in total. The molecule has 1 amide bonds. The van der Waals surface area contributed by atoms with Crippen molar-refractivity contribution in [3.8, 4) is 6.07 Å². The van der Waals surface area contributed by atoms with E-state index in [2.05, 4.69) is 4.72 Å². The minimum Gasteiger partial charge on any atom is -0.329 e. The van der Waals surface area contributed by atoms with E-state index in [4.69, 9.17) is 5.26 Å². The van der Waals surface area contributed by atoms with Gasteiger partial charge in [0.1, 0.15) is 5.70 Å². The maximum Gasteiger partial charge on any atom is 0.271 e. The fourth-order valence-electron chi connectivity index (χ4n) is 1.96. The van der Waals surface area contributed by atoms with Crippen LogP contribution in [-0.2, 0) is 21.4 Å². The van der Waals surface area contributed by atoms with Gasteiger partial charge in [-0.05, 0) is 30.7 Å². The third kappa shape index (κ3) is 3.61. The first-order valence-corrected chi connectivity index (χ1v) is 8.09. The van der Waals surface area contributed by atoms with Crippen LogP contribution in [0, 0.1) is 11.3 Å². The molecule has 0 saturated heterocycles. The molecule has 1 heterocycles. The van der Waals surface area contributed by atoms with Gasteiger partial charge in [-0.3, -0.25) is 9.52 Å². The standard InChI is InChI=1S/C14H15N3O3S/c1-2-21(19,20)16-13-6-7-17(14(13)18)10-12-5-3-4-11(8-12)9-15/h3-6,8,16H,2,7,10H2,1H3. The quantitative estimate of drug-likeness (QED) is 0.868. The first-order chi connectivity index (χ1) is 9.95. The van der Waals surface area contributed by atoms with Crippen molar-refractivity contribution < 1.29 is 13.2 Å². The van der Waals surface area contributed by atoms with Gasteiger partial charge in [0, 0.05) is 13.1 Å². The van der Waals surface area contributed by atoms with Gasteiger partial charge in [0.05, 0.1) is 17.4 Å². The SMILES string of the molecule is CCS(=O)(=O)NC1=CCN(Cc2cccc(C#N)c2)C1=O. The lowest BCUT2D eigenvalue weighted by Gasteiger charge is -2.17. The van der Waals surface area contributed by atoms with Crippen LogP contribution < -0.4 is 4.72 Å². The summed E-state index contributed by atoms with van der Waals surface area (Å²) in [6.45, 7) is 2.19. The number of sulfonamides is 1. The maximum absolute atomic E-state index is 12.1. The van der Waals surface area contributed by atoms with Crippen LogP contribution in [0.15, 0.2) is 36.0 Å². The molecule has 2 rings (SSSR count). The number of carbonyl (C=O) groups excluding carboxylic acids is 1. The number of nitrogens with one attached hydrogen (secondary N) is 1. The molecule has 0 aromatic heterocycles. The zero-order chi connectivity index (χ0) is 15.5. The molecule has 0 aliphatic carbocycles. The summed E-state index contributed by atoms with van der Waals surface area (Å²) in [7, 11) is -3.45. The number of nitriles is 1. The van der Waals surface area contributed by atoms with Gasteiger partial charge in [-0.15, -0.1) is 0 Å². The molecule has 21 heavy (non-hydrogen) atoms. The largest absolute Gasteiger partial charge is 0.329 e. The van der Waals surface area contributed by atoms with E-state index in [1.165, 1.54) is 11.8 Å². The van der Waals surface area contributed by atoms with Gasteiger partial charge in [0.2, 0.25) is 10.0 Å². The normalized spacial score (nSPS) is 14.8. The summed E-state index contributed by atoms with van der Waals surface area (Å²) in [4.78, 5) is 13.6. The molecule has 6 nitrogen and oxygen atoms in total. The lowest BCUT2D eigenvalue weighted by Crippen LogP contribution is -2.33. The first-order valence-electron chi connectivity index (χ1n) is 6.44. The minimum atomic E-state index is -3.45. The number of nitrogens with zero attached hydrogens (tertiary/aromatic N) is 2. The Morgan fingerprint density at radius 3 is 2.86 bits per heavy atom. The summed E-state index contributed by atoms with van der Waals surface area (Å²) >= 11 is 0. The van der Waals surface area contributed by atoms with Crippen molar-refractivity contribution in [1.82, 2.24) is 9.62 Å². The molecule has 0 bridgehead atoms. The number of rotatable bonds is 5. The van der Waals surface area contributed by atoms with Crippen LogP contribution >= 0.6 is 0 Å². The average Bonchev–Trinajstić information content (AvgIpc) is 2.80. The average molecular weight is 305 g/mol. The lowest BCUT2D eigenvalue weighted by atomic mass is 10.1. The number of benzene rings is 1. The predicted octanol–water partition coefficient (Wildman–Crippen LogP) is 0.724. The highest BCUT2D eigenvalue weighted by atomic mass is 32.2. The third-order valence-electron chi connectivity index (χ3n) is 3.11. The molecule has 1 aliphatic heterocycles. The number of hydrogen-bond donors (Lipinski definition) is 1. The molecule has 0 fully saturated rings. The Morgan fingerprint density at radius 2 is 2.19 bits per heavy atom. The zero-order valence-corrected chi connectivity index (χ0v) is 12.4. The van der Waals surface area contributed by atoms with Crippen molar-refractivity contribution in [3.63, 3.8) is 0 Å². The molecule has 110 valence electrons. The Morgan fingerprint density at radius 1 is 1.43 bits per heavy atom. The Labute approximate surface area is 123 Å². The van der Waals surface area contributed by atoms with E-state index in [1.807, 2.05) is 12.1 Å². The van der Waals surface area contributed by atoms with Crippen molar-refractivity contribution in [1.29, 1.82) is 5.26 Å². The zero-order valence-electron chi connectivity index (χ0n) is 11.5. The van der Waals surface area contributed by atoms with Crippen LogP contribution in [0.1, 0.15) is 18.1 Å². The van der Waals surface area contributed by atoms with Crippen molar-refractivity contribution >= 4 is 15.9 Å². The van der Waals surface area contributed by atoms with Crippen LogP contribution in [0.25, 0.3) is 0 Å². The topological polar surface area (TPSA) is 90.3 Å². The smallest absolute Gasteiger partial charge is 0.271 e. The monoisotopic (exact) mass is 305 g/mol. The van der Waals surface area contributed by atoms with Gasteiger partial charge in [0.15, 0.2) is 0 Å². The highest BCUT2D eigenvalue weighted by Crippen LogP contribution is 2.15. The summed E-state index contributed by atoms with van der Waals surface area (Å²) in [5, 5.41) is 8.85. The van der Waals surface area contributed by atoms with Crippen LogP contribution in [0.3, 0.4) is 0 Å². The second-order valence-electron chi connectivity index (χ2n) is 4.62. The van der Waals surface area contributed by atoms with E-state index in [1.54, 1.807) is 24.3 Å². The number of hydrogen-bond acceptors (Lipinski definition) is 4. The van der Waals surface area contributed by atoms with Gasteiger partial charge >= 0.3 is 0 Å². The molecule has 7 heteroatoms. The molecule has 0 radical (unpaired) electrons. The lowest BCUT2D eigenvalue weighted by molar-refractivity contribution is -0.126. The number of amides is 1. The Bertz CT molecular complexity index is 732. The van der Waals surface area contributed by atoms with E-state index < -0.39 is 10.0 Å². The van der Waals surface area contributed by atoms with Gasteiger partial charge in [-0.25, -0.2) is 8.42 Å². The Kier molecular flexibility index (Phi) is 4.29. The third-order valence-corrected chi connectivity index (χ3v) is 4.40. The molecule has 0 spiro atoms. The highest BCUT2D eigenvalue weighted by Gasteiger charge is 2.26. The number of carbonyl (C=O) groups is 1. The van der Waals surface area contributed by atoms with Crippen LogP contribution in [0.4, 0.5) is 0 Å². The van der Waals surface area contributed by atoms with E-state index in [0.29, 0.717) is 18.7 Å². The molecule has 1 aromatic rings. The van der Waals surface area contributed by atoms with Crippen molar-refractivity contribution in [2.45, 2.75) is 13.5 Å². The fourth-order valence-corrected chi connectivity index (χ4v) is 2.61. The molecule has 1 aliphatic rings. The van der Waals surface area contributed by atoms with E-state index in [0.717, 1.165) is 5.56 Å². The summed E-state index contributed by atoms with van der Waals surface area (Å²) < 4.78 is 25.3. The van der Waals surface area contributed by atoms with Crippen molar-refractivity contribution in [3.05, 3.63) is 47.2 Å². The van der Waals surface area contributed by atoms with Crippen LogP contribution in [0.5, 0.6) is 0 Å². The van der Waals surface area contributed by atoms with Gasteiger partial charge < -0.3 is 4.90 Å². The summed E-state index contributed by atoms with van der Waals surface area (Å²) in [6, 6.07) is 9.02. The highest BCUT2D eigenvalue weighted by molar-refractivity contribution is 7.89. The first kappa shape index (κ1) is 15.1. The Balaban J connectivity index is 2.06. The van der Waals surface area contributed by atoms with Crippen LogP contribution in [0.2, 0.25) is 0 Å². The second kappa shape index (κ2) is 5.97. The molecule has 0 saturated carbocycles. The molecule has 0 unspecified atom stereocenters. The van der Waals surface area contributed by atoms with Gasteiger partial charge in [-0.1, -0.05) is 12.1 Å². The fraction of sp³-hybridized carbons (Fsp3) is 0.286. The molecule has 0 atom stereocenters. The van der Waals surface area contributed by atoms with E-state index in [-0.39, 0.29) is 17.4 Å². The van der Waals surface area contributed by atoms with Gasteiger partial charge in [0.25, 0.3) is 5.91 Å². The molecule has 1 aromatic carbocycles. The van der Waals surface area contributed by atoms with E-state index in [9.17, 15) is 13.2 Å². The van der Waals surface area contributed by atoms with Gasteiger partial charge in [-0.2, -0.15) is 5.26 Å². The predicted molar refractivity (Wildman–Crippen MR) is 77.3 cm³/mol. The summed E-state index contributed by atoms with van der Waals surface area (Å²) in [5.41, 5.74) is 1.45. The maximum atomic E-state index is 12.1. The second-order valence-corrected chi connectivity index (χ2v) is 6.63. The van der Waals surface area contributed by atoms with Crippen LogP contribution in [-0.4, -0.2) is 31.5 Å². The molecular weight excluding hydrogens is 290 g/mol. The van der Waals surface area contributed by atoms with E-state index >= 15 is 0 Å². The van der Waals surface area contributed by atoms with Crippen molar-refractivity contribution in [2.24, 2.45) is 0 Å². The molecular formula is C14H15N3O3S. The minimum absolute atomic E-state index is 0.0815. The Hall–Kier alpha value is -2.33. The van der Waals surface area contributed by atoms with Crippen molar-refractivity contribution in [2.75, 3.05) is 12.3 Å². The summed E-state index contributed by atoms with van der Waals surface area (Å²) in [5.74, 6) is -0.434.